The summed E-state index contributed by atoms with van der Waals surface area (Å²) in [6.07, 6.45) is 5.59. The summed E-state index contributed by atoms with van der Waals surface area (Å²) in [5.41, 5.74) is 0. The van der Waals surface area contributed by atoms with Crippen molar-refractivity contribution >= 4 is 16.0 Å². The average Bonchev–Trinajstić information content (AvgIpc) is 3.31. The number of ether oxygens (including phenoxy) is 2. The van der Waals surface area contributed by atoms with Crippen molar-refractivity contribution < 1.29 is 22.7 Å². The van der Waals surface area contributed by atoms with E-state index >= 15 is 0 Å². The predicted octanol–water partition coefficient (Wildman–Crippen LogP) is 2.98. The van der Waals surface area contributed by atoms with Crippen LogP contribution in [0.2, 0.25) is 0 Å². The van der Waals surface area contributed by atoms with Crippen LogP contribution in [0.3, 0.4) is 0 Å². The number of piperidine rings is 1. The van der Waals surface area contributed by atoms with Crippen molar-refractivity contribution in [2.45, 2.75) is 43.2 Å². The summed E-state index contributed by atoms with van der Waals surface area (Å²) >= 11 is 0. The van der Waals surface area contributed by atoms with E-state index in [0.717, 1.165) is 12.8 Å². The Labute approximate surface area is 164 Å². The fourth-order valence-corrected chi connectivity index (χ4v) is 6.02. The van der Waals surface area contributed by atoms with E-state index < -0.39 is 22.0 Å². The lowest BCUT2D eigenvalue weighted by Gasteiger charge is -2.32. The predicted molar refractivity (Wildman–Crippen MR) is 101 cm³/mol. The van der Waals surface area contributed by atoms with Gasteiger partial charge in [0.15, 0.2) is 0 Å². The van der Waals surface area contributed by atoms with Crippen LogP contribution in [-0.2, 0) is 19.6 Å². The van der Waals surface area contributed by atoms with Gasteiger partial charge >= 0.3 is 5.97 Å². The molecule has 1 aliphatic heterocycles. The van der Waals surface area contributed by atoms with Gasteiger partial charge in [-0.2, -0.15) is 4.31 Å². The van der Waals surface area contributed by atoms with Gasteiger partial charge in [0.25, 0.3) is 0 Å². The molecule has 3 unspecified atom stereocenters. The van der Waals surface area contributed by atoms with Crippen molar-refractivity contribution in [2.24, 2.45) is 5.92 Å². The number of hydrogen-bond donors (Lipinski definition) is 0. The molecule has 1 aromatic heterocycles. The topological polar surface area (TPSA) is 85.8 Å². The van der Waals surface area contributed by atoms with Gasteiger partial charge in [0.2, 0.25) is 10.0 Å². The number of hydrogen-bond acceptors (Lipinski definition) is 6. The Morgan fingerprint density at radius 2 is 1.79 bits per heavy atom. The maximum absolute atomic E-state index is 13.3. The van der Waals surface area contributed by atoms with E-state index in [1.807, 2.05) is 0 Å². The first-order valence-corrected chi connectivity index (χ1v) is 10.8. The molecule has 8 heteroatoms. The molecule has 2 aliphatic rings. The summed E-state index contributed by atoms with van der Waals surface area (Å²) < 4.78 is 38.8. The Morgan fingerprint density at radius 1 is 1.11 bits per heavy atom. The van der Waals surface area contributed by atoms with Gasteiger partial charge in [0.1, 0.15) is 17.5 Å². The van der Waals surface area contributed by atoms with Crippen LogP contribution >= 0.6 is 0 Å². The fraction of sp³-hybridized carbons (Fsp3) is 0.400. The molecule has 3 atom stereocenters. The van der Waals surface area contributed by atoms with E-state index in [1.165, 1.54) is 16.4 Å². The summed E-state index contributed by atoms with van der Waals surface area (Å²) in [5.74, 6) is 0.726. The largest absolute Gasteiger partial charge is 0.465 e. The number of nitrogens with zero attached hydrogens (tertiary/aromatic N) is 2. The van der Waals surface area contributed by atoms with Crippen molar-refractivity contribution in [3.8, 4) is 11.5 Å². The standard InChI is InChI=1S/C20H22N2O5S/c1-2-26-20(23)19-14-3-4-15(13-14)22(19)28(24,25)18-7-5-16(6-8-18)27-17-9-11-21-12-10-17/h5-12,14-15,19H,2-4,13H2,1H3. The molecule has 0 radical (unpaired) electrons. The van der Waals surface area contributed by atoms with Crippen LogP contribution in [0.25, 0.3) is 0 Å². The van der Waals surface area contributed by atoms with Crippen molar-refractivity contribution in [1.82, 2.24) is 9.29 Å². The van der Waals surface area contributed by atoms with Gasteiger partial charge < -0.3 is 9.47 Å². The number of pyridine rings is 1. The zero-order valence-corrected chi connectivity index (χ0v) is 16.3. The van der Waals surface area contributed by atoms with Gasteiger partial charge in [-0.15, -0.1) is 0 Å². The molecular formula is C20H22N2O5S. The van der Waals surface area contributed by atoms with E-state index in [0.29, 0.717) is 17.9 Å². The summed E-state index contributed by atoms with van der Waals surface area (Å²) in [4.78, 5) is 16.5. The van der Waals surface area contributed by atoms with Gasteiger partial charge in [-0.3, -0.25) is 9.78 Å². The molecular weight excluding hydrogens is 380 g/mol. The SMILES string of the molecule is CCOC(=O)C1C2CCC(C2)N1S(=O)(=O)c1ccc(Oc2ccncc2)cc1. The van der Waals surface area contributed by atoms with Crippen LogP contribution < -0.4 is 4.74 Å². The molecule has 28 heavy (non-hydrogen) atoms. The highest BCUT2D eigenvalue weighted by atomic mass is 32.2. The van der Waals surface area contributed by atoms with Gasteiger partial charge in [-0.05, 0) is 68.5 Å². The minimum absolute atomic E-state index is 0.0353. The maximum Gasteiger partial charge on any atom is 0.324 e. The van der Waals surface area contributed by atoms with Crippen LogP contribution in [0.1, 0.15) is 26.2 Å². The molecule has 7 nitrogen and oxygen atoms in total. The Bertz CT molecular complexity index is 946. The number of sulfonamides is 1. The summed E-state index contributed by atoms with van der Waals surface area (Å²) in [5, 5.41) is 0. The second-order valence-electron chi connectivity index (χ2n) is 7.02. The highest BCUT2D eigenvalue weighted by Gasteiger charge is 2.55. The van der Waals surface area contributed by atoms with Crippen molar-refractivity contribution in [3.63, 3.8) is 0 Å². The third kappa shape index (κ3) is 3.38. The molecule has 4 rings (SSSR count). The van der Waals surface area contributed by atoms with Crippen molar-refractivity contribution in [1.29, 1.82) is 0 Å². The number of rotatable bonds is 6. The lowest BCUT2D eigenvalue weighted by Crippen LogP contribution is -2.49. The monoisotopic (exact) mass is 402 g/mol. The molecule has 0 amide bonds. The molecule has 148 valence electrons. The second-order valence-corrected chi connectivity index (χ2v) is 8.86. The smallest absolute Gasteiger partial charge is 0.324 e. The normalized spacial score (nSPS) is 24.2. The quantitative estimate of drug-likeness (QED) is 0.691. The Balaban J connectivity index is 1.58. The Kier molecular flexibility index (Phi) is 5.07. The zero-order chi connectivity index (χ0) is 19.7. The van der Waals surface area contributed by atoms with Crippen LogP contribution in [0.4, 0.5) is 0 Å². The molecule has 0 N–H and O–H groups in total. The molecule has 2 fully saturated rings. The molecule has 1 saturated heterocycles. The van der Waals surface area contributed by atoms with Crippen LogP contribution in [0.5, 0.6) is 11.5 Å². The number of esters is 1. The molecule has 2 aromatic rings. The minimum Gasteiger partial charge on any atom is -0.465 e. The Morgan fingerprint density at radius 3 is 2.46 bits per heavy atom. The summed E-state index contributed by atoms with van der Waals surface area (Å²) in [6, 6.07) is 8.82. The van der Waals surface area contributed by atoms with Gasteiger partial charge in [0, 0.05) is 18.4 Å². The summed E-state index contributed by atoms with van der Waals surface area (Å²) in [6.45, 7) is 1.97. The molecule has 2 bridgehead atoms. The first kappa shape index (κ1) is 18.9. The number of carbonyl (C=O) groups excluding carboxylic acids is 1. The van der Waals surface area contributed by atoms with E-state index in [9.17, 15) is 13.2 Å². The van der Waals surface area contributed by atoms with E-state index in [2.05, 4.69) is 4.98 Å². The van der Waals surface area contributed by atoms with Gasteiger partial charge in [-0.25, -0.2) is 8.42 Å². The minimum atomic E-state index is -3.80. The highest BCUT2D eigenvalue weighted by Crippen LogP contribution is 2.45. The van der Waals surface area contributed by atoms with E-state index in [4.69, 9.17) is 9.47 Å². The van der Waals surface area contributed by atoms with E-state index in [1.54, 1.807) is 43.6 Å². The molecule has 0 spiro atoms. The molecule has 2 heterocycles. The number of benzene rings is 1. The summed E-state index contributed by atoms with van der Waals surface area (Å²) in [7, 11) is -3.80. The number of carbonyl (C=O) groups is 1. The maximum atomic E-state index is 13.3. The van der Waals surface area contributed by atoms with Gasteiger partial charge in [-0.1, -0.05) is 0 Å². The molecule has 1 aromatic carbocycles. The number of aromatic nitrogens is 1. The van der Waals surface area contributed by atoms with E-state index in [-0.39, 0.29) is 23.5 Å². The second kappa shape index (κ2) is 7.52. The zero-order valence-electron chi connectivity index (χ0n) is 15.5. The van der Waals surface area contributed by atoms with Gasteiger partial charge in [0.05, 0.1) is 11.5 Å². The number of fused-ring (bicyclic) bond motifs is 2. The lowest BCUT2D eigenvalue weighted by molar-refractivity contribution is -0.149. The molecule has 1 aliphatic carbocycles. The third-order valence-electron chi connectivity index (χ3n) is 5.34. The Hall–Kier alpha value is -2.45. The molecule has 1 saturated carbocycles. The van der Waals surface area contributed by atoms with Crippen LogP contribution in [0, 0.1) is 5.92 Å². The van der Waals surface area contributed by atoms with Crippen LogP contribution in [0.15, 0.2) is 53.7 Å². The van der Waals surface area contributed by atoms with Crippen LogP contribution in [-0.4, -0.2) is 42.4 Å². The lowest BCUT2D eigenvalue weighted by atomic mass is 10.0. The highest BCUT2D eigenvalue weighted by molar-refractivity contribution is 7.89. The fourth-order valence-electron chi connectivity index (χ4n) is 4.16. The first-order valence-electron chi connectivity index (χ1n) is 9.39. The third-order valence-corrected chi connectivity index (χ3v) is 7.29. The van der Waals surface area contributed by atoms with Crippen molar-refractivity contribution in [3.05, 3.63) is 48.8 Å². The van der Waals surface area contributed by atoms with Crippen molar-refractivity contribution in [2.75, 3.05) is 6.61 Å². The average molecular weight is 402 g/mol. The first-order chi connectivity index (χ1) is 13.5.